The molecule has 0 spiro atoms. The highest BCUT2D eigenvalue weighted by atomic mass is 35.5. The molecule has 21 heavy (non-hydrogen) atoms. The number of amides is 1. The first-order valence-corrected chi connectivity index (χ1v) is 6.76. The maximum atomic E-state index is 10.8. The molecule has 7 heteroatoms. The first-order chi connectivity index (χ1) is 9.97. The Morgan fingerprint density at radius 1 is 1.48 bits per heavy atom. The van der Waals surface area contributed by atoms with Crippen molar-refractivity contribution in [2.45, 2.75) is 19.1 Å². The van der Waals surface area contributed by atoms with E-state index in [1.165, 1.54) is 13.1 Å². The normalized spacial score (nSPS) is 13.7. The Morgan fingerprint density at radius 2 is 2.24 bits per heavy atom. The van der Waals surface area contributed by atoms with Crippen molar-refractivity contribution in [3.63, 3.8) is 0 Å². The third kappa shape index (κ3) is 4.04. The minimum Gasteiger partial charge on any atom is -0.388 e. The maximum absolute atomic E-state index is 10.8. The monoisotopic (exact) mass is 309 g/mol. The number of carbonyl (C=O) groups excluding carboxylic acids is 1. The van der Waals surface area contributed by atoms with Gasteiger partial charge >= 0.3 is 0 Å². The SMILES string of the molecule is CC(=O)NCC(O)C(O)c1cnn(-c2cccc(Cl)c2)c1. The fraction of sp³-hybridized carbons (Fsp3) is 0.286. The summed E-state index contributed by atoms with van der Waals surface area (Å²) < 4.78 is 1.55. The van der Waals surface area contributed by atoms with Gasteiger partial charge in [0.15, 0.2) is 0 Å². The van der Waals surface area contributed by atoms with E-state index in [4.69, 9.17) is 11.6 Å². The second-order valence-corrected chi connectivity index (χ2v) is 5.08. The average molecular weight is 310 g/mol. The molecular weight excluding hydrogens is 294 g/mol. The molecule has 3 N–H and O–H groups in total. The van der Waals surface area contributed by atoms with Crippen molar-refractivity contribution in [1.29, 1.82) is 0 Å². The van der Waals surface area contributed by atoms with E-state index in [1.807, 2.05) is 6.07 Å². The molecule has 2 rings (SSSR count). The summed E-state index contributed by atoms with van der Waals surface area (Å²) in [7, 11) is 0. The van der Waals surface area contributed by atoms with Gasteiger partial charge < -0.3 is 15.5 Å². The number of aliphatic hydroxyl groups excluding tert-OH is 2. The van der Waals surface area contributed by atoms with Gasteiger partial charge in [-0.15, -0.1) is 0 Å². The van der Waals surface area contributed by atoms with Crippen molar-refractivity contribution in [3.8, 4) is 5.69 Å². The van der Waals surface area contributed by atoms with E-state index in [-0.39, 0.29) is 12.5 Å². The van der Waals surface area contributed by atoms with Gasteiger partial charge in [0.2, 0.25) is 5.91 Å². The number of hydrogen-bond donors (Lipinski definition) is 3. The largest absolute Gasteiger partial charge is 0.388 e. The first-order valence-electron chi connectivity index (χ1n) is 6.38. The van der Waals surface area contributed by atoms with Gasteiger partial charge in [-0.05, 0) is 18.2 Å². The van der Waals surface area contributed by atoms with Gasteiger partial charge in [-0.25, -0.2) is 4.68 Å². The predicted molar refractivity (Wildman–Crippen MR) is 78.2 cm³/mol. The Hall–Kier alpha value is -1.89. The third-order valence-electron chi connectivity index (χ3n) is 2.94. The minimum atomic E-state index is -1.13. The second kappa shape index (κ2) is 6.71. The highest BCUT2D eigenvalue weighted by molar-refractivity contribution is 6.30. The van der Waals surface area contributed by atoms with Crippen molar-refractivity contribution in [1.82, 2.24) is 15.1 Å². The number of benzene rings is 1. The number of nitrogens with one attached hydrogen (secondary N) is 1. The molecular formula is C14H16ClN3O3. The molecule has 0 aliphatic rings. The zero-order valence-electron chi connectivity index (χ0n) is 11.4. The zero-order valence-corrected chi connectivity index (χ0v) is 12.2. The van der Waals surface area contributed by atoms with Crippen LogP contribution >= 0.6 is 11.6 Å². The Balaban J connectivity index is 2.10. The summed E-state index contributed by atoms with van der Waals surface area (Å²) in [5.74, 6) is -0.268. The molecule has 2 aromatic rings. The van der Waals surface area contributed by atoms with E-state index < -0.39 is 12.2 Å². The van der Waals surface area contributed by atoms with Crippen LogP contribution < -0.4 is 5.32 Å². The molecule has 2 atom stereocenters. The smallest absolute Gasteiger partial charge is 0.216 e. The van der Waals surface area contributed by atoms with Crippen molar-refractivity contribution in [2.24, 2.45) is 0 Å². The summed E-state index contributed by atoms with van der Waals surface area (Å²) in [6.07, 6.45) is 0.825. The lowest BCUT2D eigenvalue weighted by Gasteiger charge is -2.16. The molecule has 0 radical (unpaired) electrons. The molecule has 1 heterocycles. The molecule has 1 aromatic heterocycles. The summed E-state index contributed by atoms with van der Waals surface area (Å²) >= 11 is 5.91. The summed E-state index contributed by atoms with van der Waals surface area (Å²) in [6, 6.07) is 7.10. The highest BCUT2D eigenvalue weighted by Gasteiger charge is 2.20. The van der Waals surface area contributed by atoms with Gasteiger partial charge in [0.25, 0.3) is 0 Å². The number of aromatic nitrogens is 2. The van der Waals surface area contributed by atoms with Crippen LogP contribution in [-0.4, -0.2) is 38.5 Å². The number of rotatable bonds is 5. The van der Waals surface area contributed by atoms with Crippen LogP contribution in [0.4, 0.5) is 0 Å². The van der Waals surface area contributed by atoms with Gasteiger partial charge in [-0.1, -0.05) is 17.7 Å². The Morgan fingerprint density at radius 3 is 2.90 bits per heavy atom. The first kappa shape index (κ1) is 15.5. The predicted octanol–water partition coefficient (Wildman–Crippen LogP) is 1.06. The van der Waals surface area contributed by atoms with Gasteiger partial charge in [0.05, 0.1) is 11.9 Å². The maximum Gasteiger partial charge on any atom is 0.216 e. The van der Waals surface area contributed by atoms with Crippen LogP contribution in [0.1, 0.15) is 18.6 Å². The lowest BCUT2D eigenvalue weighted by atomic mass is 10.1. The molecule has 2 unspecified atom stereocenters. The van der Waals surface area contributed by atoms with E-state index in [9.17, 15) is 15.0 Å². The number of halogens is 1. The fourth-order valence-electron chi connectivity index (χ4n) is 1.83. The van der Waals surface area contributed by atoms with E-state index in [2.05, 4.69) is 10.4 Å². The van der Waals surface area contributed by atoms with Crippen LogP contribution in [0, 0.1) is 0 Å². The number of hydrogen-bond acceptors (Lipinski definition) is 4. The van der Waals surface area contributed by atoms with Crippen molar-refractivity contribution >= 4 is 17.5 Å². The summed E-state index contributed by atoms with van der Waals surface area (Å²) in [4.78, 5) is 10.8. The average Bonchev–Trinajstić information content (AvgIpc) is 2.93. The van der Waals surface area contributed by atoms with Crippen molar-refractivity contribution < 1.29 is 15.0 Å². The molecule has 0 saturated carbocycles. The summed E-state index contributed by atoms with van der Waals surface area (Å²) in [6.45, 7) is 1.31. The molecule has 0 fully saturated rings. The zero-order chi connectivity index (χ0) is 15.4. The van der Waals surface area contributed by atoms with Gasteiger partial charge in [0, 0.05) is 30.3 Å². The number of carbonyl (C=O) groups is 1. The lowest BCUT2D eigenvalue weighted by Crippen LogP contribution is -2.34. The van der Waals surface area contributed by atoms with Crippen LogP contribution in [0.15, 0.2) is 36.7 Å². The summed E-state index contributed by atoms with van der Waals surface area (Å²) in [5.41, 5.74) is 1.20. The van der Waals surface area contributed by atoms with Crippen molar-refractivity contribution in [3.05, 3.63) is 47.2 Å². The van der Waals surface area contributed by atoms with E-state index in [0.717, 1.165) is 5.69 Å². The molecule has 1 amide bonds. The van der Waals surface area contributed by atoms with Crippen LogP contribution in [0.25, 0.3) is 5.69 Å². The number of nitrogens with zero attached hydrogens (tertiary/aromatic N) is 2. The Bertz CT molecular complexity index is 629. The topological polar surface area (TPSA) is 87.4 Å². The summed E-state index contributed by atoms with van der Waals surface area (Å²) in [5, 5.41) is 27.0. The minimum absolute atomic E-state index is 0.0289. The molecule has 112 valence electrons. The Kier molecular flexibility index (Phi) is 4.95. The fourth-order valence-corrected chi connectivity index (χ4v) is 2.02. The molecule has 6 nitrogen and oxygen atoms in total. The lowest BCUT2D eigenvalue weighted by molar-refractivity contribution is -0.119. The van der Waals surface area contributed by atoms with Crippen LogP contribution in [0.3, 0.4) is 0 Å². The standard InChI is InChI=1S/C14H16ClN3O3/c1-9(19)16-7-13(20)14(21)10-6-17-18(8-10)12-4-2-3-11(15)5-12/h2-6,8,13-14,20-21H,7H2,1H3,(H,16,19). The van der Waals surface area contributed by atoms with Crippen LogP contribution in [-0.2, 0) is 4.79 Å². The molecule has 0 bridgehead atoms. The van der Waals surface area contributed by atoms with Gasteiger partial charge in [-0.3, -0.25) is 4.79 Å². The number of aliphatic hydroxyl groups is 2. The van der Waals surface area contributed by atoms with Gasteiger partial charge in [0.1, 0.15) is 12.2 Å². The second-order valence-electron chi connectivity index (χ2n) is 4.65. The highest BCUT2D eigenvalue weighted by Crippen LogP contribution is 2.19. The van der Waals surface area contributed by atoms with E-state index in [1.54, 1.807) is 29.1 Å². The van der Waals surface area contributed by atoms with E-state index in [0.29, 0.717) is 10.6 Å². The van der Waals surface area contributed by atoms with Gasteiger partial charge in [-0.2, -0.15) is 5.10 Å². The molecule has 0 saturated heterocycles. The Labute approximate surface area is 127 Å². The quantitative estimate of drug-likeness (QED) is 0.770. The third-order valence-corrected chi connectivity index (χ3v) is 3.18. The van der Waals surface area contributed by atoms with Crippen LogP contribution in [0.5, 0.6) is 0 Å². The van der Waals surface area contributed by atoms with Crippen molar-refractivity contribution in [2.75, 3.05) is 6.54 Å². The van der Waals surface area contributed by atoms with E-state index >= 15 is 0 Å². The molecule has 1 aromatic carbocycles. The molecule has 0 aliphatic carbocycles. The molecule has 0 aliphatic heterocycles. The van der Waals surface area contributed by atoms with Crippen LogP contribution in [0.2, 0.25) is 5.02 Å².